The van der Waals surface area contributed by atoms with Crippen molar-refractivity contribution in [2.24, 2.45) is 5.92 Å². The first-order valence-corrected chi connectivity index (χ1v) is 7.73. The van der Waals surface area contributed by atoms with Crippen LogP contribution in [0.5, 0.6) is 11.5 Å². The number of rotatable bonds is 6. The van der Waals surface area contributed by atoms with E-state index in [0.29, 0.717) is 27.5 Å². The lowest BCUT2D eigenvalue weighted by Gasteiger charge is -2.11. The molecule has 1 N–H and O–H groups in total. The number of ether oxygens (including phenoxy) is 1. The van der Waals surface area contributed by atoms with Gasteiger partial charge in [-0.25, -0.2) is 0 Å². The Morgan fingerprint density at radius 2 is 1.90 bits per heavy atom. The molecule has 4 heteroatoms. The second-order valence-electron chi connectivity index (χ2n) is 5.35. The first-order chi connectivity index (χ1) is 10.0. The second kappa shape index (κ2) is 7.69. The van der Waals surface area contributed by atoms with E-state index in [2.05, 4.69) is 19.2 Å². The van der Waals surface area contributed by atoms with Crippen molar-refractivity contribution in [2.75, 3.05) is 6.54 Å². The van der Waals surface area contributed by atoms with E-state index in [1.807, 2.05) is 30.3 Å². The van der Waals surface area contributed by atoms with Crippen molar-refractivity contribution in [3.05, 3.63) is 58.1 Å². The van der Waals surface area contributed by atoms with Crippen molar-refractivity contribution in [3.63, 3.8) is 0 Å². The van der Waals surface area contributed by atoms with Crippen LogP contribution in [0.25, 0.3) is 0 Å². The zero-order chi connectivity index (χ0) is 15.2. The third kappa shape index (κ3) is 5.24. The van der Waals surface area contributed by atoms with Crippen molar-refractivity contribution in [2.45, 2.75) is 20.4 Å². The molecule has 0 heterocycles. The summed E-state index contributed by atoms with van der Waals surface area (Å²) in [7, 11) is 0. The molecule has 0 saturated heterocycles. The van der Waals surface area contributed by atoms with E-state index in [9.17, 15) is 0 Å². The van der Waals surface area contributed by atoms with Crippen LogP contribution in [-0.4, -0.2) is 6.54 Å². The van der Waals surface area contributed by atoms with Gasteiger partial charge >= 0.3 is 0 Å². The van der Waals surface area contributed by atoms with Gasteiger partial charge in [0.05, 0.1) is 5.02 Å². The number of benzene rings is 2. The van der Waals surface area contributed by atoms with Crippen LogP contribution in [0.3, 0.4) is 0 Å². The smallest absolute Gasteiger partial charge is 0.146 e. The predicted molar refractivity (Wildman–Crippen MR) is 89.5 cm³/mol. The van der Waals surface area contributed by atoms with Gasteiger partial charge in [-0.15, -0.1) is 0 Å². The summed E-state index contributed by atoms with van der Waals surface area (Å²) in [5.74, 6) is 1.94. The van der Waals surface area contributed by atoms with E-state index in [4.69, 9.17) is 27.9 Å². The van der Waals surface area contributed by atoms with Gasteiger partial charge in [0.2, 0.25) is 0 Å². The molecular weight excluding hydrogens is 305 g/mol. The molecule has 0 atom stereocenters. The van der Waals surface area contributed by atoms with Crippen molar-refractivity contribution >= 4 is 23.2 Å². The number of halogens is 2. The van der Waals surface area contributed by atoms with Crippen LogP contribution in [0, 0.1) is 5.92 Å². The number of hydrogen-bond donors (Lipinski definition) is 1. The molecule has 2 aromatic rings. The SMILES string of the molecule is CC(C)CNCc1ccc(Oc2cccc(Cl)c2)c(Cl)c1. The molecule has 0 unspecified atom stereocenters. The average Bonchev–Trinajstić information content (AvgIpc) is 2.41. The van der Waals surface area contributed by atoms with Crippen LogP contribution < -0.4 is 10.1 Å². The van der Waals surface area contributed by atoms with Gasteiger partial charge in [0.25, 0.3) is 0 Å². The first-order valence-electron chi connectivity index (χ1n) is 6.97. The Kier molecular flexibility index (Phi) is 5.92. The lowest BCUT2D eigenvalue weighted by Crippen LogP contribution is -2.18. The molecule has 2 nitrogen and oxygen atoms in total. The maximum absolute atomic E-state index is 6.27. The molecular formula is C17H19Cl2NO. The lowest BCUT2D eigenvalue weighted by molar-refractivity contribution is 0.482. The minimum absolute atomic E-state index is 0.596. The third-order valence-corrected chi connectivity index (χ3v) is 3.43. The Morgan fingerprint density at radius 3 is 2.57 bits per heavy atom. The molecule has 0 bridgehead atoms. The highest BCUT2D eigenvalue weighted by Gasteiger charge is 2.05. The molecule has 112 valence electrons. The fourth-order valence-electron chi connectivity index (χ4n) is 1.90. The molecule has 0 radical (unpaired) electrons. The Bertz CT molecular complexity index is 599. The maximum Gasteiger partial charge on any atom is 0.146 e. The van der Waals surface area contributed by atoms with Gasteiger partial charge in [-0.3, -0.25) is 0 Å². The fourth-order valence-corrected chi connectivity index (χ4v) is 2.32. The molecule has 2 rings (SSSR count). The van der Waals surface area contributed by atoms with Crippen molar-refractivity contribution in [1.29, 1.82) is 0 Å². The molecule has 0 aromatic heterocycles. The van der Waals surface area contributed by atoms with Crippen molar-refractivity contribution < 1.29 is 4.74 Å². The summed E-state index contributed by atoms with van der Waals surface area (Å²) in [6, 6.07) is 13.1. The summed E-state index contributed by atoms with van der Waals surface area (Å²) in [6.07, 6.45) is 0. The van der Waals surface area contributed by atoms with Gasteiger partial charge in [-0.05, 0) is 48.4 Å². The number of nitrogens with one attached hydrogen (secondary N) is 1. The van der Waals surface area contributed by atoms with Gasteiger partial charge in [-0.2, -0.15) is 0 Å². The monoisotopic (exact) mass is 323 g/mol. The molecule has 0 aliphatic heterocycles. The second-order valence-corrected chi connectivity index (χ2v) is 6.19. The van der Waals surface area contributed by atoms with Crippen molar-refractivity contribution in [1.82, 2.24) is 5.32 Å². The van der Waals surface area contributed by atoms with Crippen LogP contribution >= 0.6 is 23.2 Å². The van der Waals surface area contributed by atoms with Gasteiger partial charge in [0, 0.05) is 11.6 Å². The molecule has 21 heavy (non-hydrogen) atoms. The van der Waals surface area contributed by atoms with Gasteiger partial charge in [0.15, 0.2) is 0 Å². The van der Waals surface area contributed by atoms with E-state index < -0.39 is 0 Å². The number of hydrogen-bond acceptors (Lipinski definition) is 2. The highest BCUT2D eigenvalue weighted by Crippen LogP contribution is 2.31. The summed E-state index contributed by atoms with van der Waals surface area (Å²) < 4.78 is 5.75. The summed E-state index contributed by atoms with van der Waals surface area (Å²) in [6.45, 7) is 6.15. The quantitative estimate of drug-likeness (QED) is 0.754. The first kappa shape index (κ1) is 16.2. The molecule has 2 aromatic carbocycles. The third-order valence-electron chi connectivity index (χ3n) is 2.90. The van der Waals surface area contributed by atoms with Crippen LogP contribution in [0.15, 0.2) is 42.5 Å². The van der Waals surface area contributed by atoms with E-state index in [1.54, 1.807) is 12.1 Å². The van der Waals surface area contributed by atoms with Gasteiger partial charge in [-0.1, -0.05) is 49.2 Å². The normalized spacial score (nSPS) is 10.9. The Hall–Kier alpha value is -1.22. The van der Waals surface area contributed by atoms with E-state index in [-0.39, 0.29) is 0 Å². The largest absolute Gasteiger partial charge is 0.456 e. The average molecular weight is 324 g/mol. The standard InChI is InChI=1S/C17H19Cl2NO/c1-12(2)10-20-11-13-6-7-17(16(19)8-13)21-15-5-3-4-14(18)9-15/h3-9,12,20H,10-11H2,1-2H3. The zero-order valence-electron chi connectivity index (χ0n) is 12.2. The maximum atomic E-state index is 6.27. The summed E-state index contributed by atoms with van der Waals surface area (Å²) in [4.78, 5) is 0. The fraction of sp³-hybridized carbons (Fsp3) is 0.294. The summed E-state index contributed by atoms with van der Waals surface area (Å²) in [5, 5.41) is 4.62. The Balaban J connectivity index is 2.02. The van der Waals surface area contributed by atoms with E-state index >= 15 is 0 Å². The summed E-state index contributed by atoms with van der Waals surface area (Å²) >= 11 is 12.2. The van der Waals surface area contributed by atoms with Crippen LogP contribution in [0.2, 0.25) is 10.0 Å². The van der Waals surface area contributed by atoms with Crippen molar-refractivity contribution in [3.8, 4) is 11.5 Å². The predicted octanol–water partition coefficient (Wildman–Crippen LogP) is 5.53. The van der Waals surface area contributed by atoms with Crippen LogP contribution in [0.1, 0.15) is 19.4 Å². The summed E-state index contributed by atoms with van der Waals surface area (Å²) in [5.41, 5.74) is 1.14. The Labute approximate surface area is 136 Å². The van der Waals surface area contributed by atoms with Gasteiger partial charge in [0.1, 0.15) is 11.5 Å². The molecule has 0 aliphatic rings. The minimum atomic E-state index is 0.596. The molecule has 0 aliphatic carbocycles. The van der Waals surface area contributed by atoms with E-state index in [1.165, 1.54) is 0 Å². The highest BCUT2D eigenvalue weighted by molar-refractivity contribution is 6.32. The van der Waals surface area contributed by atoms with E-state index in [0.717, 1.165) is 18.7 Å². The zero-order valence-corrected chi connectivity index (χ0v) is 13.7. The molecule has 0 amide bonds. The highest BCUT2D eigenvalue weighted by atomic mass is 35.5. The van der Waals surface area contributed by atoms with Crippen LogP contribution in [0.4, 0.5) is 0 Å². The molecule has 0 spiro atoms. The topological polar surface area (TPSA) is 21.3 Å². The molecule has 0 saturated carbocycles. The molecule has 0 fully saturated rings. The van der Waals surface area contributed by atoms with Crippen LogP contribution in [-0.2, 0) is 6.54 Å². The minimum Gasteiger partial charge on any atom is -0.456 e. The lowest BCUT2D eigenvalue weighted by atomic mass is 10.2. The Morgan fingerprint density at radius 1 is 1.10 bits per heavy atom. The van der Waals surface area contributed by atoms with Gasteiger partial charge < -0.3 is 10.1 Å².